The smallest absolute Gasteiger partial charge is 0.124 e. The van der Waals surface area contributed by atoms with Gasteiger partial charge in [-0.25, -0.2) is 0 Å². The summed E-state index contributed by atoms with van der Waals surface area (Å²) in [6.07, 6.45) is 2.44. The van der Waals surface area contributed by atoms with Crippen LogP contribution in [0.2, 0.25) is 0 Å². The number of hydrogen-bond donors (Lipinski definition) is 1. The second kappa shape index (κ2) is 4.51. The third kappa shape index (κ3) is 1.72. The van der Waals surface area contributed by atoms with Gasteiger partial charge in [-0.15, -0.1) is 11.3 Å². The van der Waals surface area contributed by atoms with Crippen molar-refractivity contribution in [3.05, 3.63) is 28.6 Å². The van der Waals surface area contributed by atoms with E-state index in [0.717, 1.165) is 35.7 Å². The van der Waals surface area contributed by atoms with Crippen LogP contribution in [0, 0.1) is 18.3 Å². The third-order valence-electron chi connectivity index (χ3n) is 3.53. The lowest BCUT2D eigenvalue weighted by Gasteiger charge is -2.15. The van der Waals surface area contributed by atoms with Gasteiger partial charge in [-0.3, -0.25) is 0 Å². The molecular formula is C14H15N3S. The fourth-order valence-electron chi connectivity index (χ4n) is 2.56. The molecule has 1 saturated heterocycles. The van der Waals surface area contributed by atoms with Crippen molar-refractivity contribution >= 4 is 17.2 Å². The number of H-pyrrole nitrogens is 1. The maximum Gasteiger partial charge on any atom is 0.124 e. The Morgan fingerprint density at radius 2 is 2.17 bits per heavy atom. The molecule has 2 aromatic heterocycles. The summed E-state index contributed by atoms with van der Waals surface area (Å²) >= 11 is 1.71. The highest BCUT2D eigenvalue weighted by Gasteiger charge is 2.22. The SMILES string of the molecule is Cc1c(-c2cccs2)[nH]c(N2CCCC2)c1C#N. The summed E-state index contributed by atoms with van der Waals surface area (Å²) in [6, 6.07) is 6.49. The van der Waals surface area contributed by atoms with E-state index < -0.39 is 0 Å². The van der Waals surface area contributed by atoms with Crippen molar-refractivity contribution in [2.24, 2.45) is 0 Å². The highest BCUT2D eigenvalue weighted by atomic mass is 32.1. The first-order valence-electron chi connectivity index (χ1n) is 6.22. The van der Waals surface area contributed by atoms with Crippen LogP contribution >= 0.6 is 11.3 Å². The molecule has 0 radical (unpaired) electrons. The maximum absolute atomic E-state index is 9.38. The van der Waals surface area contributed by atoms with Gasteiger partial charge in [-0.05, 0) is 36.8 Å². The fraction of sp³-hybridized carbons (Fsp3) is 0.357. The molecule has 0 amide bonds. The summed E-state index contributed by atoms with van der Waals surface area (Å²) in [4.78, 5) is 6.96. The molecule has 3 heterocycles. The third-order valence-corrected chi connectivity index (χ3v) is 4.42. The normalized spacial score (nSPS) is 15.0. The average molecular weight is 257 g/mol. The Kier molecular flexibility index (Phi) is 2.85. The van der Waals surface area contributed by atoms with Gasteiger partial charge >= 0.3 is 0 Å². The van der Waals surface area contributed by atoms with Crippen LogP contribution in [0.4, 0.5) is 5.82 Å². The van der Waals surface area contributed by atoms with Crippen LogP contribution in [0.5, 0.6) is 0 Å². The molecule has 3 rings (SSSR count). The van der Waals surface area contributed by atoms with E-state index >= 15 is 0 Å². The van der Waals surface area contributed by atoms with Crippen LogP contribution in [0.3, 0.4) is 0 Å². The summed E-state index contributed by atoms with van der Waals surface area (Å²) in [7, 11) is 0. The number of nitrogens with zero attached hydrogens (tertiary/aromatic N) is 2. The van der Waals surface area contributed by atoms with E-state index in [0.29, 0.717) is 0 Å². The quantitative estimate of drug-likeness (QED) is 0.894. The van der Waals surface area contributed by atoms with Crippen molar-refractivity contribution in [3.63, 3.8) is 0 Å². The molecule has 4 heteroatoms. The Balaban J connectivity index is 2.10. The van der Waals surface area contributed by atoms with E-state index in [1.165, 1.54) is 17.7 Å². The minimum Gasteiger partial charge on any atom is -0.357 e. The van der Waals surface area contributed by atoms with Crippen LogP contribution in [-0.4, -0.2) is 18.1 Å². The lowest BCUT2D eigenvalue weighted by atomic mass is 10.1. The zero-order chi connectivity index (χ0) is 12.5. The summed E-state index contributed by atoms with van der Waals surface area (Å²) in [5.74, 6) is 1.01. The van der Waals surface area contributed by atoms with Crippen molar-refractivity contribution in [1.29, 1.82) is 5.26 Å². The Morgan fingerprint density at radius 1 is 1.39 bits per heavy atom. The first-order chi connectivity index (χ1) is 8.81. The van der Waals surface area contributed by atoms with E-state index in [4.69, 9.17) is 0 Å². The summed E-state index contributed by atoms with van der Waals surface area (Å²) < 4.78 is 0. The van der Waals surface area contributed by atoms with Gasteiger partial charge in [0.2, 0.25) is 0 Å². The van der Waals surface area contributed by atoms with Gasteiger partial charge in [-0.1, -0.05) is 6.07 Å². The number of rotatable bonds is 2. The zero-order valence-corrected chi connectivity index (χ0v) is 11.2. The summed E-state index contributed by atoms with van der Waals surface area (Å²) in [5, 5.41) is 11.4. The summed E-state index contributed by atoms with van der Waals surface area (Å²) in [6.45, 7) is 4.14. The molecule has 0 aromatic carbocycles. The Labute approximate surface area is 111 Å². The van der Waals surface area contributed by atoms with Gasteiger partial charge < -0.3 is 9.88 Å². The van der Waals surface area contributed by atoms with Crippen LogP contribution in [-0.2, 0) is 0 Å². The first kappa shape index (κ1) is 11.4. The van der Waals surface area contributed by atoms with Gasteiger partial charge in [0.15, 0.2) is 0 Å². The molecule has 2 aromatic rings. The molecule has 0 bridgehead atoms. The average Bonchev–Trinajstić information content (AvgIpc) is 3.09. The predicted octanol–water partition coefficient (Wildman–Crippen LogP) is 3.52. The second-order valence-electron chi connectivity index (χ2n) is 4.63. The van der Waals surface area contributed by atoms with Crippen molar-refractivity contribution < 1.29 is 0 Å². The number of thiophene rings is 1. The topological polar surface area (TPSA) is 42.8 Å². The minimum atomic E-state index is 0.806. The molecule has 0 unspecified atom stereocenters. The predicted molar refractivity (Wildman–Crippen MR) is 75.0 cm³/mol. The van der Waals surface area contributed by atoms with Crippen LogP contribution < -0.4 is 4.90 Å². The highest BCUT2D eigenvalue weighted by Crippen LogP contribution is 2.35. The minimum absolute atomic E-state index is 0.806. The zero-order valence-electron chi connectivity index (χ0n) is 10.4. The molecule has 0 spiro atoms. The van der Waals surface area contributed by atoms with Crippen LogP contribution in [0.15, 0.2) is 17.5 Å². The van der Waals surface area contributed by atoms with E-state index in [1.807, 2.05) is 13.0 Å². The molecule has 92 valence electrons. The lowest BCUT2D eigenvalue weighted by Crippen LogP contribution is -2.18. The van der Waals surface area contributed by atoms with Crippen molar-refractivity contribution in [2.45, 2.75) is 19.8 Å². The fourth-order valence-corrected chi connectivity index (χ4v) is 3.34. The molecule has 0 aliphatic carbocycles. The van der Waals surface area contributed by atoms with Gasteiger partial charge in [0.05, 0.1) is 16.1 Å². The maximum atomic E-state index is 9.38. The van der Waals surface area contributed by atoms with Crippen LogP contribution in [0.1, 0.15) is 24.0 Å². The van der Waals surface area contributed by atoms with E-state index in [9.17, 15) is 5.26 Å². The Morgan fingerprint density at radius 3 is 2.78 bits per heavy atom. The number of aromatic nitrogens is 1. The van der Waals surface area contributed by atoms with Crippen molar-refractivity contribution in [3.8, 4) is 16.6 Å². The lowest BCUT2D eigenvalue weighted by molar-refractivity contribution is 0.944. The Hall–Kier alpha value is -1.73. The molecule has 1 aliphatic heterocycles. The van der Waals surface area contributed by atoms with Gasteiger partial charge in [0, 0.05) is 13.1 Å². The Bertz CT molecular complexity index is 583. The molecule has 18 heavy (non-hydrogen) atoms. The van der Waals surface area contributed by atoms with Crippen molar-refractivity contribution in [2.75, 3.05) is 18.0 Å². The molecule has 0 saturated carbocycles. The largest absolute Gasteiger partial charge is 0.357 e. The number of anilines is 1. The number of aromatic amines is 1. The molecule has 3 nitrogen and oxygen atoms in total. The van der Waals surface area contributed by atoms with Gasteiger partial charge in [0.25, 0.3) is 0 Å². The molecule has 1 aliphatic rings. The number of hydrogen-bond acceptors (Lipinski definition) is 3. The monoisotopic (exact) mass is 257 g/mol. The van der Waals surface area contributed by atoms with E-state index in [-0.39, 0.29) is 0 Å². The second-order valence-corrected chi connectivity index (χ2v) is 5.58. The molecule has 1 N–H and O–H groups in total. The van der Waals surface area contributed by atoms with Crippen LogP contribution in [0.25, 0.3) is 10.6 Å². The van der Waals surface area contributed by atoms with E-state index in [2.05, 4.69) is 27.4 Å². The molecule has 1 fully saturated rings. The van der Waals surface area contributed by atoms with E-state index in [1.54, 1.807) is 11.3 Å². The number of nitrogens with one attached hydrogen (secondary N) is 1. The highest BCUT2D eigenvalue weighted by molar-refractivity contribution is 7.13. The summed E-state index contributed by atoms with van der Waals surface area (Å²) in [5.41, 5.74) is 2.98. The molecular weight excluding hydrogens is 242 g/mol. The van der Waals surface area contributed by atoms with Crippen molar-refractivity contribution in [1.82, 2.24) is 4.98 Å². The van der Waals surface area contributed by atoms with Gasteiger partial charge in [-0.2, -0.15) is 5.26 Å². The first-order valence-corrected chi connectivity index (χ1v) is 7.10. The van der Waals surface area contributed by atoms with Gasteiger partial charge in [0.1, 0.15) is 11.9 Å². The molecule has 0 atom stereocenters. The standard InChI is InChI=1S/C14H15N3S/c1-10-11(9-15)14(17-6-2-3-7-17)16-13(10)12-5-4-8-18-12/h4-5,8,16H,2-3,6-7H2,1H3. The number of nitriles is 1.